The van der Waals surface area contributed by atoms with Crippen molar-refractivity contribution in [1.29, 1.82) is 0 Å². The number of nitrogens with zero attached hydrogens (tertiary/aromatic N) is 3. The lowest BCUT2D eigenvalue weighted by molar-refractivity contribution is 0.200. The van der Waals surface area contributed by atoms with Gasteiger partial charge in [0.05, 0.1) is 24.6 Å². The smallest absolute Gasteiger partial charge is 0.130 e. The molecule has 1 aromatic carbocycles. The lowest BCUT2D eigenvalue weighted by Gasteiger charge is -2.14. The van der Waals surface area contributed by atoms with E-state index in [4.69, 9.17) is 9.47 Å². The summed E-state index contributed by atoms with van der Waals surface area (Å²) in [6.07, 6.45) is 3.80. The van der Waals surface area contributed by atoms with Gasteiger partial charge in [-0.25, -0.2) is 9.97 Å². The van der Waals surface area contributed by atoms with Gasteiger partial charge in [0, 0.05) is 25.3 Å². The molecule has 6 nitrogen and oxygen atoms in total. The number of nitrogens with one attached hydrogen (secondary N) is 1. The number of ether oxygens (including phenoxy) is 2. The highest BCUT2D eigenvalue weighted by Gasteiger charge is 2.40. The third kappa shape index (κ3) is 3.49. The van der Waals surface area contributed by atoms with Gasteiger partial charge in [-0.2, -0.15) is 0 Å². The first-order valence-corrected chi connectivity index (χ1v) is 8.59. The molecule has 1 aromatic heterocycles. The van der Waals surface area contributed by atoms with Gasteiger partial charge < -0.3 is 14.8 Å². The van der Waals surface area contributed by atoms with Gasteiger partial charge in [-0.05, 0) is 37.5 Å². The Morgan fingerprint density at radius 3 is 2.88 bits per heavy atom. The van der Waals surface area contributed by atoms with Crippen molar-refractivity contribution >= 4 is 11.5 Å². The second kappa shape index (κ2) is 6.44. The number of rotatable bonds is 7. The van der Waals surface area contributed by atoms with Crippen LogP contribution < -0.4 is 10.1 Å². The highest BCUT2D eigenvalue weighted by molar-refractivity contribution is 6.14. The molecule has 0 saturated heterocycles. The van der Waals surface area contributed by atoms with Gasteiger partial charge in [-0.15, -0.1) is 0 Å². The van der Waals surface area contributed by atoms with Gasteiger partial charge in [0.2, 0.25) is 0 Å². The Kier molecular flexibility index (Phi) is 4.13. The van der Waals surface area contributed by atoms with E-state index in [0.29, 0.717) is 19.7 Å². The molecule has 0 bridgehead atoms. The molecule has 1 saturated carbocycles. The van der Waals surface area contributed by atoms with Crippen LogP contribution in [0.5, 0.6) is 5.75 Å². The molecule has 1 N–H and O–H groups in total. The normalized spacial score (nSPS) is 17.0. The quantitative estimate of drug-likeness (QED) is 0.786. The number of methoxy groups -OCH3 is 1. The predicted molar refractivity (Wildman–Crippen MR) is 96.4 cm³/mol. The molecule has 4 rings (SSSR count). The first-order chi connectivity index (χ1) is 12.2. The van der Waals surface area contributed by atoms with E-state index in [9.17, 15) is 0 Å². The molecule has 2 aliphatic rings. The number of benzene rings is 1. The summed E-state index contributed by atoms with van der Waals surface area (Å²) in [6, 6.07) is 8.16. The fraction of sp³-hybridized carbons (Fsp3) is 0.421. The molecule has 6 heteroatoms. The van der Waals surface area contributed by atoms with Crippen LogP contribution in [0.15, 0.2) is 35.6 Å². The van der Waals surface area contributed by atoms with Crippen LogP contribution in [0.3, 0.4) is 0 Å². The minimum Gasteiger partial charge on any atom is -0.488 e. The zero-order valence-corrected chi connectivity index (χ0v) is 14.6. The summed E-state index contributed by atoms with van der Waals surface area (Å²) < 4.78 is 11.2. The standard InChI is InChI=1S/C19H22N4O2/c1-19(5-6-19)25-14-4-3-13-11-21-18(15(13)9-14)16-10-17(23-12-22-16)20-7-8-24-2/h3-4,9-10,12H,5-8,11H2,1-2H3,(H,20,22,23). The fourth-order valence-corrected chi connectivity index (χ4v) is 2.87. The first kappa shape index (κ1) is 16.0. The summed E-state index contributed by atoms with van der Waals surface area (Å²) in [7, 11) is 1.68. The molecule has 1 aliphatic carbocycles. The van der Waals surface area contributed by atoms with Crippen molar-refractivity contribution in [3.8, 4) is 5.75 Å². The Morgan fingerprint density at radius 2 is 2.08 bits per heavy atom. The van der Waals surface area contributed by atoms with Gasteiger partial charge in [0.1, 0.15) is 23.5 Å². The average Bonchev–Trinajstić information content (AvgIpc) is 3.19. The molecule has 1 aliphatic heterocycles. The van der Waals surface area contributed by atoms with Crippen LogP contribution in [0.1, 0.15) is 36.6 Å². The lowest BCUT2D eigenvalue weighted by atomic mass is 10.0. The molecular weight excluding hydrogens is 316 g/mol. The summed E-state index contributed by atoms with van der Waals surface area (Å²) in [4.78, 5) is 13.3. The maximum Gasteiger partial charge on any atom is 0.130 e. The van der Waals surface area contributed by atoms with Crippen LogP contribution in [0.4, 0.5) is 5.82 Å². The Labute approximate surface area is 147 Å². The van der Waals surface area contributed by atoms with Gasteiger partial charge in [-0.1, -0.05) is 6.07 Å². The maximum atomic E-state index is 6.10. The van der Waals surface area contributed by atoms with Crippen molar-refractivity contribution < 1.29 is 9.47 Å². The summed E-state index contributed by atoms with van der Waals surface area (Å²) >= 11 is 0. The van der Waals surface area contributed by atoms with Gasteiger partial charge in [-0.3, -0.25) is 4.99 Å². The third-order valence-corrected chi connectivity index (χ3v) is 4.58. The van der Waals surface area contributed by atoms with Crippen molar-refractivity contribution in [3.63, 3.8) is 0 Å². The number of hydrogen-bond donors (Lipinski definition) is 1. The molecule has 2 aromatic rings. The fourth-order valence-electron chi connectivity index (χ4n) is 2.87. The van der Waals surface area contributed by atoms with Gasteiger partial charge >= 0.3 is 0 Å². The molecule has 0 spiro atoms. The summed E-state index contributed by atoms with van der Waals surface area (Å²) in [6.45, 7) is 4.16. The van der Waals surface area contributed by atoms with E-state index in [1.54, 1.807) is 13.4 Å². The van der Waals surface area contributed by atoms with Crippen LogP contribution in [0.2, 0.25) is 0 Å². The summed E-state index contributed by atoms with van der Waals surface area (Å²) in [5.74, 6) is 1.68. The Bertz CT molecular complexity index is 815. The van der Waals surface area contributed by atoms with Crippen LogP contribution in [0, 0.1) is 0 Å². The largest absolute Gasteiger partial charge is 0.488 e. The van der Waals surface area contributed by atoms with Crippen LogP contribution in [0.25, 0.3) is 0 Å². The molecule has 0 amide bonds. The van der Waals surface area contributed by atoms with E-state index in [0.717, 1.165) is 41.4 Å². The van der Waals surface area contributed by atoms with E-state index in [1.165, 1.54) is 5.56 Å². The van der Waals surface area contributed by atoms with Gasteiger partial charge in [0.15, 0.2) is 0 Å². The maximum absolute atomic E-state index is 6.10. The summed E-state index contributed by atoms with van der Waals surface area (Å²) in [5.41, 5.74) is 4.04. The highest BCUT2D eigenvalue weighted by atomic mass is 16.5. The molecule has 2 heterocycles. The number of hydrogen-bond acceptors (Lipinski definition) is 6. The molecule has 0 unspecified atom stereocenters. The molecule has 25 heavy (non-hydrogen) atoms. The molecule has 1 fully saturated rings. The average molecular weight is 338 g/mol. The van der Waals surface area contributed by atoms with Crippen molar-refractivity contribution in [2.45, 2.75) is 31.9 Å². The van der Waals surface area contributed by atoms with E-state index < -0.39 is 0 Å². The Hall–Kier alpha value is -2.47. The topological polar surface area (TPSA) is 68.6 Å². The van der Waals surface area contributed by atoms with E-state index in [1.807, 2.05) is 12.1 Å². The van der Waals surface area contributed by atoms with Crippen molar-refractivity contribution in [3.05, 3.63) is 47.4 Å². The number of fused-ring (bicyclic) bond motifs is 1. The first-order valence-electron chi connectivity index (χ1n) is 8.59. The minimum atomic E-state index is 0.0114. The second-order valence-corrected chi connectivity index (χ2v) is 6.74. The zero-order valence-electron chi connectivity index (χ0n) is 14.6. The Morgan fingerprint density at radius 1 is 1.20 bits per heavy atom. The molecule has 0 atom stereocenters. The minimum absolute atomic E-state index is 0.0114. The SMILES string of the molecule is COCCNc1cc(C2=NCc3ccc(OC4(C)CC4)cc32)ncn1. The number of anilines is 1. The monoisotopic (exact) mass is 338 g/mol. The summed E-state index contributed by atoms with van der Waals surface area (Å²) in [5, 5.41) is 3.23. The van der Waals surface area contributed by atoms with E-state index >= 15 is 0 Å². The number of aliphatic imine (C=N–C) groups is 1. The van der Waals surface area contributed by atoms with Crippen LogP contribution in [-0.2, 0) is 11.3 Å². The van der Waals surface area contributed by atoms with E-state index in [2.05, 4.69) is 39.3 Å². The van der Waals surface area contributed by atoms with Crippen LogP contribution in [-0.4, -0.2) is 41.5 Å². The number of aromatic nitrogens is 2. The van der Waals surface area contributed by atoms with Crippen molar-refractivity contribution in [2.24, 2.45) is 4.99 Å². The Balaban J connectivity index is 1.57. The van der Waals surface area contributed by atoms with Crippen molar-refractivity contribution in [2.75, 3.05) is 25.6 Å². The van der Waals surface area contributed by atoms with Crippen molar-refractivity contribution in [1.82, 2.24) is 9.97 Å². The molecule has 0 radical (unpaired) electrons. The second-order valence-electron chi connectivity index (χ2n) is 6.74. The lowest BCUT2D eigenvalue weighted by Crippen LogP contribution is -2.13. The van der Waals surface area contributed by atoms with Crippen LogP contribution >= 0.6 is 0 Å². The molecular formula is C19H22N4O2. The highest BCUT2D eigenvalue weighted by Crippen LogP contribution is 2.40. The third-order valence-electron chi connectivity index (χ3n) is 4.58. The van der Waals surface area contributed by atoms with Gasteiger partial charge in [0.25, 0.3) is 0 Å². The molecule has 130 valence electrons. The predicted octanol–water partition coefficient (Wildman–Crippen LogP) is 2.82. The zero-order chi connectivity index (χ0) is 17.3. The van der Waals surface area contributed by atoms with E-state index in [-0.39, 0.29) is 5.60 Å².